The standard InChI is InChI=1S/C23H17F7O4/c1-31-16-7-3-14(4-8-16)22(27,28)33-18-11-12-20(19(13-18)21(24,25)26)34-23(29,30)15-5-9-17(32-2)10-6-15/h3-13H,1-2H3. The van der Waals surface area contributed by atoms with Crippen LogP contribution in [0.3, 0.4) is 0 Å². The third-order valence-corrected chi connectivity index (χ3v) is 4.59. The van der Waals surface area contributed by atoms with E-state index in [4.69, 9.17) is 9.47 Å². The monoisotopic (exact) mass is 490 g/mol. The van der Waals surface area contributed by atoms with Crippen LogP contribution in [0.5, 0.6) is 23.0 Å². The van der Waals surface area contributed by atoms with Crippen LogP contribution in [0.15, 0.2) is 66.7 Å². The largest absolute Gasteiger partial charge is 0.497 e. The summed E-state index contributed by atoms with van der Waals surface area (Å²) in [6.45, 7) is 0. The molecule has 0 aliphatic rings. The number of methoxy groups -OCH3 is 2. The van der Waals surface area contributed by atoms with Crippen molar-refractivity contribution in [2.75, 3.05) is 14.2 Å². The van der Waals surface area contributed by atoms with Crippen molar-refractivity contribution in [3.63, 3.8) is 0 Å². The summed E-state index contributed by atoms with van der Waals surface area (Å²) in [6.07, 6.45) is -13.4. The Balaban J connectivity index is 1.90. The van der Waals surface area contributed by atoms with E-state index >= 15 is 0 Å². The van der Waals surface area contributed by atoms with Crippen LogP contribution in [0.2, 0.25) is 0 Å². The van der Waals surface area contributed by atoms with Gasteiger partial charge in [-0.15, -0.1) is 0 Å². The molecule has 0 aliphatic heterocycles. The summed E-state index contributed by atoms with van der Waals surface area (Å²) in [5, 5.41) is 0. The molecule has 11 heteroatoms. The van der Waals surface area contributed by atoms with Crippen molar-refractivity contribution in [1.82, 2.24) is 0 Å². The van der Waals surface area contributed by atoms with Gasteiger partial charge in [-0.3, -0.25) is 0 Å². The lowest BCUT2D eigenvalue weighted by atomic mass is 10.1. The Hall–Kier alpha value is -3.63. The summed E-state index contributed by atoms with van der Waals surface area (Å²) in [6, 6.07) is 9.87. The Morgan fingerprint density at radius 3 is 1.35 bits per heavy atom. The summed E-state index contributed by atoms with van der Waals surface area (Å²) < 4.78 is 117. The van der Waals surface area contributed by atoms with Crippen molar-refractivity contribution >= 4 is 0 Å². The lowest BCUT2D eigenvalue weighted by molar-refractivity contribution is -0.193. The van der Waals surface area contributed by atoms with Crippen LogP contribution in [0.4, 0.5) is 30.7 Å². The Morgan fingerprint density at radius 1 is 0.529 bits per heavy atom. The third kappa shape index (κ3) is 5.64. The van der Waals surface area contributed by atoms with Crippen LogP contribution < -0.4 is 18.9 Å². The zero-order valence-electron chi connectivity index (χ0n) is 17.6. The van der Waals surface area contributed by atoms with Crippen LogP contribution in [-0.4, -0.2) is 14.2 Å². The van der Waals surface area contributed by atoms with Crippen LogP contribution in [0, 0.1) is 0 Å². The van der Waals surface area contributed by atoms with Crippen molar-refractivity contribution in [2.45, 2.75) is 18.4 Å². The summed E-state index contributed by atoms with van der Waals surface area (Å²) in [7, 11) is 2.63. The van der Waals surface area contributed by atoms with Gasteiger partial charge in [-0.1, -0.05) is 0 Å². The molecular formula is C23H17F7O4. The number of alkyl halides is 7. The maximum atomic E-state index is 14.5. The number of ether oxygens (including phenoxy) is 4. The van der Waals surface area contributed by atoms with Crippen LogP contribution in [0.1, 0.15) is 16.7 Å². The normalized spacial score (nSPS) is 12.3. The van der Waals surface area contributed by atoms with E-state index in [0.29, 0.717) is 12.1 Å². The molecule has 3 aromatic carbocycles. The van der Waals surface area contributed by atoms with E-state index in [9.17, 15) is 30.7 Å². The molecule has 0 spiro atoms. The zero-order chi connectivity index (χ0) is 25.1. The van der Waals surface area contributed by atoms with Gasteiger partial charge in [-0.25, -0.2) is 0 Å². The van der Waals surface area contributed by atoms with Crippen LogP contribution in [0.25, 0.3) is 0 Å². The third-order valence-electron chi connectivity index (χ3n) is 4.59. The second kappa shape index (κ2) is 9.32. The minimum atomic E-state index is -5.21. The molecule has 34 heavy (non-hydrogen) atoms. The highest BCUT2D eigenvalue weighted by Gasteiger charge is 2.42. The summed E-state index contributed by atoms with van der Waals surface area (Å²) in [5.41, 5.74) is -3.12. The number of rotatable bonds is 8. The Labute approximate surface area is 189 Å². The van der Waals surface area contributed by atoms with E-state index in [1.54, 1.807) is 0 Å². The van der Waals surface area contributed by atoms with Gasteiger partial charge in [0.25, 0.3) is 0 Å². The van der Waals surface area contributed by atoms with Crippen molar-refractivity contribution in [3.8, 4) is 23.0 Å². The molecule has 0 saturated carbocycles. The van der Waals surface area contributed by atoms with E-state index < -0.39 is 46.6 Å². The summed E-state index contributed by atoms with van der Waals surface area (Å²) >= 11 is 0. The average molecular weight is 490 g/mol. The van der Waals surface area contributed by atoms with E-state index in [1.807, 2.05) is 0 Å². The summed E-state index contributed by atoms with van der Waals surface area (Å²) in [4.78, 5) is 0. The molecule has 3 aromatic rings. The molecule has 0 N–H and O–H groups in total. The first-order valence-corrected chi connectivity index (χ1v) is 9.49. The van der Waals surface area contributed by atoms with E-state index in [0.717, 1.165) is 24.3 Å². The van der Waals surface area contributed by atoms with Gasteiger partial charge in [0.2, 0.25) is 0 Å². The molecule has 0 atom stereocenters. The quantitative estimate of drug-likeness (QED) is 0.320. The average Bonchev–Trinajstić information content (AvgIpc) is 2.79. The van der Waals surface area contributed by atoms with Crippen molar-refractivity contribution < 1.29 is 49.7 Å². The van der Waals surface area contributed by atoms with E-state index in [-0.39, 0.29) is 17.6 Å². The fourth-order valence-electron chi connectivity index (χ4n) is 2.86. The Morgan fingerprint density at radius 2 is 0.941 bits per heavy atom. The van der Waals surface area contributed by atoms with Gasteiger partial charge >= 0.3 is 18.4 Å². The zero-order valence-corrected chi connectivity index (χ0v) is 17.6. The first-order valence-electron chi connectivity index (χ1n) is 9.49. The predicted molar refractivity (Wildman–Crippen MR) is 106 cm³/mol. The number of halogens is 7. The van der Waals surface area contributed by atoms with Gasteiger partial charge in [0.15, 0.2) is 0 Å². The second-order valence-electron chi connectivity index (χ2n) is 6.85. The number of hydrogen-bond acceptors (Lipinski definition) is 4. The topological polar surface area (TPSA) is 36.9 Å². The second-order valence-corrected chi connectivity index (χ2v) is 6.85. The Bertz CT molecular complexity index is 1110. The van der Waals surface area contributed by atoms with E-state index in [2.05, 4.69) is 9.47 Å². The highest BCUT2D eigenvalue weighted by atomic mass is 19.4. The predicted octanol–water partition coefficient (Wildman–Crippen LogP) is 6.98. The molecule has 0 aromatic heterocycles. The fourth-order valence-corrected chi connectivity index (χ4v) is 2.86. The van der Waals surface area contributed by atoms with Gasteiger partial charge in [0.1, 0.15) is 28.6 Å². The molecule has 0 bridgehead atoms. The maximum Gasteiger partial charge on any atom is 0.426 e. The Kier molecular flexibility index (Phi) is 6.85. The summed E-state index contributed by atoms with van der Waals surface area (Å²) in [5.74, 6) is -1.66. The molecule has 0 radical (unpaired) electrons. The highest BCUT2D eigenvalue weighted by Crippen LogP contribution is 2.43. The molecule has 0 saturated heterocycles. The van der Waals surface area contributed by atoms with Crippen LogP contribution >= 0.6 is 0 Å². The minimum Gasteiger partial charge on any atom is -0.497 e. The molecular weight excluding hydrogens is 473 g/mol. The van der Waals surface area contributed by atoms with Crippen molar-refractivity contribution in [1.29, 1.82) is 0 Å². The van der Waals surface area contributed by atoms with E-state index in [1.165, 1.54) is 38.5 Å². The van der Waals surface area contributed by atoms with Crippen molar-refractivity contribution in [2.24, 2.45) is 0 Å². The molecule has 0 heterocycles. The fraction of sp³-hybridized carbons (Fsp3) is 0.217. The first-order chi connectivity index (χ1) is 15.9. The lowest BCUT2D eigenvalue weighted by Crippen LogP contribution is -2.24. The van der Waals surface area contributed by atoms with Gasteiger partial charge in [-0.05, 0) is 66.7 Å². The number of hydrogen-bond donors (Lipinski definition) is 0. The van der Waals surface area contributed by atoms with Gasteiger partial charge in [0, 0.05) is 0 Å². The van der Waals surface area contributed by atoms with Gasteiger partial charge < -0.3 is 18.9 Å². The first kappa shape index (κ1) is 25.0. The smallest absolute Gasteiger partial charge is 0.426 e. The molecule has 0 fully saturated rings. The van der Waals surface area contributed by atoms with Gasteiger partial charge in [0.05, 0.1) is 25.3 Å². The SMILES string of the molecule is COc1ccc(C(F)(F)Oc2ccc(OC(F)(F)c3ccc(OC)cc3)c(C(F)(F)F)c2)cc1. The molecule has 3 rings (SSSR count). The highest BCUT2D eigenvalue weighted by molar-refractivity contribution is 5.43. The molecule has 182 valence electrons. The minimum absolute atomic E-state index is 0.164. The van der Waals surface area contributed by atoms with Crippen LogP contribution in [-0.2, 0) is 18.4 Å². The maximum absolute atomic E-state index is 14.5. The molecule has 0 amide bonds. The lowest BCUT2D eigenvalue weighted by Gasteiger charge is -2.23. The number of benzene rings is 3. The molecule has 0 aliphatic carbocycles. The molecule has 4 nitrogen and oxygen atoms in total. The van der Waals surface area contributed by atoms with Gasteiger partial charge in [-0.2, -0.15) is 30.7 Å². The molecule has 0 unspecified atom stereocenters. The van der Waals surface area contributed by atoms with Crippen molar-refractivity contribution in [3.05, 3.63) is 83.4 Å².